The average Bonchev–Trinajstić information content (AvgIpc) is 1.41. The molecule has 1 nitrogen and oxygen atoms in total. The van der Waals surface area contributed by atoms with Crippen molar-refractivity contribution in [3.63, 3.8) is 0 Å². The Morgan fingerprint density at radius 1 is 1.50 bits per heavy atom. The van der Waals surface area contributed by atoms with Crippen LogP contribution >= 0.6 is 0 Å². The Balaban J connectivity index is 0. The van der Waals surface area contributed by atoms with Crippen molar-refractivity contribution in [1.29, 1.82) is 0 Å². The summed E-state index contributed by atoms with van der Waals surface area (Å²) >= 11 is 1.48. The van der Waals surface area contributed by atoms with Crippen molar-refractivity contribution < 1.29 is 23.8 Å². The van der Waals surface area contributed by atoms with Gasteiger partial charge in [0.1, 0.15) is 0 Å². The molecule has 0 aliphatic carbocycles. The number of unbranched alkanes of at least 4 members (excludes halogenated alkanes) is 1. The maximum absolute atomic E-state index is 2.23. The van der Waals surface area contributed by atoms with Crippen molar-refractivity contribution in [3.05, 3.63) is 0 Å². The molecule has 0 saturated heterocycles. The van der Waals surface area contributed by atoms with Gasteiger partial charge in [-0.1, -0.05) is 0 Å². The van der Waals surface area contributed by atoms with Crippen molar-refractivity contribution in [1.82, 2.24) is 0 Å². The molecule has 0 saturated carbocycles. The van der Waals surface area contributed by atoms with Gasteiger partial charge in [0, 0.05) is 0 Å². The molecule has 0 bridgehead atoms. The Bertz CT molecular complexity index is 15.0. The van der Waals surface area contributed by atoms with E-state index in [1.54, 1.807) is 0 Å². The molecule has 0 aliphatic rings. The SMILES string of the molecule is CCC[CH2][Zn+2].[O-2]. The molecule has 0 rings (SSSR count). The smallest absolute Gasteiger partial charge is 2.00 e. The first kappa shape index (κ1) is 9.77. The standard InChI is InChI=1S/C4H9.O.Zn/c1-3-4-2;;/h1,3-4H2,2H3;;/q;-2;+2. The molecule has 0 heterocycles. The van der Waals surface area contributed by atoms with E-state index in [1.807, 2.05) is 0 Å². The summed E-state index contributed by atoms with van der Waals surface area (Å²) in [7, 11) is 0. The number of rotatable bonds is 2. The fourth-order valence-electron chi connectivity index (χ4n) is 0.250. The molecule has 33 valence electrons. The molecule has 0 aliphatic heterocycles. The third-order valence-electron chi connectivity index (χ3n) is 0.604. The molecule has 0 atom stereocenters. The summed E-state index contributed by atoms with van der Waals surface area (Å²) < 4.78 is 0. The first-order valence-electron chi connectivity index (χ1n) is 2.21. The van der Waals surface area contributed by atoms with E-state index in [2.05, 4.69) is 6.92 Å². The maximum atomic E-state index is 2.23. The molecule has 0 N–H and O–H groups in total. The van der Waals surface area contributed by atoms with E-state index in [0.29, 0.717) is 0 Å². The minimum atomic E-state index is 0. The largest absolute Gasteiger partial charge is 2.00 e. The molecule has 2 heteroatoms. The van der Waals surface area contributed by atoms with Gasteiger partial charge in [0.05, 0.1) is 0 Å². The van der Waals surface area contributed by atoms with Crippen LogP contribution in [0, 0.1) is 0 Å². The van der Waals surface area contributed by atoms with Crippen molar-refractivity contribution >= 4 is 0 Å². The molecule has 6 heavy (non-hydrogen) atoms. The molecular formula is C4H9OZn. The van der Waals surface area contributed by atoms with Gasteiger partial charge in [0.15, 0.2) is 0 Å². The Morgan fingerprint density at radius 2 is 2.00 bits per heavy atom. The molecular weight excluding hydrogens is 129 g/mol. The predicted molar refractivity (Wildman–Crippen MR) is 20.4 cm³/mol. The van der Waals surface area contributed by atoms with Crippen LogP contribution in [-0.2, 0) is 23.8 Å². The van der Waals surface area contributed by atoms with Crippen LogP contribution < -0.4 is 0 Å². The van der Waals surface area contributed by atoms with E-state index >= 15 is 0 Å². The number of hydrogen-bond donors (Lipinski definition) is 0. The first-order chi connectivity index (χ1) is 2.41. The summed E-state index contributed by atoms with van der Waals surface area (Å²) in [4.78, 5) is 0. The Kier molecular flexibility index (Phi) is 14.9. The van der Waals surface area contributed by atoms with Gasteiger partial charge in [0.2, 0.25) is 0 Å². The van der Waals surface area contributed by atoms with Crippen LogP contribution in [0.2, 0.25) is 5.02 Å². The zero-order valence-corrected chi connectivity index (χ0v) is 7.20. The third-order valence-corrected chi connectivity index (χ3v) is 1.65. The van der Waals surface area contributed by atoms with Crippen LogP contribution in [-0.4, -0.2) is 0 Å². The fraction of sp³-hybridized carbons (Fsp3) is 1.00. The molecule has 0 radical (unpaired) electrons. The van der Waals surface area contributed by atoms with Crippen molar-refractivity contribution in [3.8, 4) is 0 Å². The van der Waals surface area contributed by atoms with E-state index in [0.717, 1.165) is 0 Å². The van der Waals surface area contributed by atoms with Crippen LogP contribution in [0.3, 0.4) is 0 Å². The van der Waals surface area contributed by atoms with Crippen LogP contribution in [0.1, 0.15) is 19.8 Å². The van der Waals surface area contributed by atoms with Gasteiger partial charge in [-0.2, -0.15) is 0 Å². The van der Waals surface area contributed by atoms with E-state index in [9.17, 15) is 0 Å². The van der Waals surface area contributed by atoms with Gasteiger partial charge in [-0.25, -0.2) is 0 Å². The Labute approximate surface area is 49.1 Å². The zero-order chi connectivity index (χ0) is 4.12. The topological polar surface area (TPSA) is 28.5 Å². The summed E-state index contributed by atoms with van der Waals surface area (Å²) in [6.07, 6.45) is 2.82. The zero-order valence-electron chi connectivity index (χ0n) is 4.24. The summed E-state index contributed by atoms with van der Waals surface area (Å²) in [6, 6.07) is 0. The van der Waals surface area contributed by atoms with E-state index in [-0.39, 0.29) is 5.48 Å². The number of hydrogen-bond acceptors (Lipinski definition) is 0. The second kappa shape index (κ2) is 9.13. The minimum Gasteiger partial charge on any atom is -2.00 e. The Morgan fingerprint density at radius 3 is 2.00 bits per heavy atom. The van der Waals surface area contributed by atoms with Crippen LogP contribution in [0.5, 0.6) is 0 Å². The van der Waals surface area contributed by atoms with Gasteiger partial charge >= 0.3 is 43.1 Å². The first-order valence-corrected chi connectivity index (χ1v) is 4.31. The quantitative estimate of drug-likeness (QED) is 0.519. The summed E-state index contributed by atoms with van der Waals surface area (Å²) in [5.41, 5.74) is 0. The van der Waals surface area contributed by atoms with E-state index < -0.39 is 0 Å². The maximum Gasteiger partial charge on any atom is -2.00 e. The van der Waals surface area contributed by atoms with Crippen molar-refractivity contribution in [2.24, 2.45) is 0 Å². The minimum absolute atomic E-state index is 0. The average molecular weight is 139 g/mol. The Hall–Kier alpha value is 0.583. The predicted octanol–water partition coefficient (Wildman–Crippen LogP) is 1.63. The van der Waals surface area contributed by atoms with Crippen LogP contribution in [0.4, 0.5) is 0 Å². The van der Waals surface area contributed by atoms with Crippen LogP contribution in [0.15, 0.2) is 0 Å². The third kappa shape index (κ3) is 8.82. The molecule has 0 unspecified atom stereocenters. The van der Waals surface area contributed by atoms with Gasteiger partial charge < -0.3 is 5.48 Å². The molecule has 0 aromatic heterocycles. The molecule has 0 aromatic carbocycles. The van der Waals surface area contributed by atoms with E-state index in [4.69, 9.17) is 0 Å². The van der Waals surface area contributed by atoms with Gasteiger partial charge in [-0.05, 0) is 0 Å². The normalized spacial score (nSPS) is 7.17. The van der Waals surface area contributed by atoms with Gasteiger partial charge in [0.25, 0.3) is 0 Å². The van der Waals surface area contributed by atoms with Gasteiger partial charge in [-0.15, -0.1) is 0 Å². The van der Waals surface area contributed by atoms with Crippen molar-refractivity contribution in [2.45, 2.75) is 24.8 Å². The van der Waals surface area contributed by atoms with Crippen molar-refractivity contribution in [2.75, 3.05) is 0 Å². The summed E-state index contributed by atoms with van der Waals surface area (Å²) in [5, 5.41) is 1.47. The molecule has 0 aromatic rings. The molecule has 0 fully saturated rings. The molecule has 0 spiro atoms. The molecule has 0 amide bonds. The second-order valence-corrected chi connectivity index (χ2v) is 2.69. The van der Waals surface area contributed by atoms with Gasteiger partial charge in [-0.3, -0.25) is 0 Å². The second-order valence-electron chi connectivity index (χ2n) is 1.21. The van der Waals surface area contributed by atoms with Crippen LogP contribution in [0.25, 0.3) is 0 Å². The monoisotopic (exact) mass is 137 g/mol. The van der Waals surface area contributed by atoms with E-state index in [1.165, 1.54) is 36.2 Å². The summed E-state index contributed by atoms with van der Waals surface area (Å²) in [5.74, 6) is 0. The fourth-order valence-corrected chi connectivity index (χ4v) is 1.30. The summed E-state index contributed by atoms with van der Waals surface area (Å²) in [6.45, 7) is 2.23.